The van der Waals surface area contributed by atoms with Crippen LogP contribution in [-0.4, -0.2) is 32.6 Å². The molecule has 0 aliphatic carbocycles. The van der Waals surface area contributed by atoms with Gasteiger partial charge in [-0.25, -0.2) is 9.97 Å². The third kappa shape index (κ3) is 2.74. The third-order valence-electron chi connectivity index (χ3n) is 5.64. The second-order valence-electron chi connectivity index (χ2n) is 7.40. The zero-order chi connectivity index (χ0) is 19.1. The van der Waals surface area contributed by atoms with Gasteiger partial charge in [-0.15, -0.1) is 0 Å². The predicted molar refractivity (Wildman–Crippen MR) is 104 cm³/mol. The van der Waals surface area contributed by atoms with Crippen molar-refractivity contribution in [3.05, 3.63) is 70.8 Å². The van der Waals surface area contributed by atoms with Crippen LogP contribution in [0.5, 0.6) is 0 Å². The highest BCUT2D eigenvalue weighted by Crippen LogP contribution is 2.38. The highest BCUT2D eigenvalue weighted by molar-refractivity contribution is 5.62. The number of nitrogens with zero attached hydrogens (tertiary/aromatic N) is 6. The van der Waals surface area contributed by atoms with Gasteiger partial charge in [0.05, 0.1) is 0 Å². The van der Waals surface area contributed by atoms with Crippen molar-refractivity contribution in [2.24, 2.45) is 5.92 Å². The van der Waals surface area contributed by atoms with Crippen LogP contribution in [0.1, 0.15) is 23.7 Å². The van der Waals surface area contributed by atoms with E-state index in [2.05, 4.69) is 32.0 Å². The normalized spacial score (nSPS) is 20.3. The summed E-state index contributed by atoms with van der Waals surface area (Å²) in [6.07, 6.45) is 7.71. The maximum absolute atomic E-state index is 12.8. The van der Waals surface area contributed by atoms with E-state index in [4.69, 9.17) is 0 Å². The molecule has 2 aliphatic heterocycles. The first-order valence-corrected chi connectivity index (χ1v) is 9.34. The average Bonchev–Trinajstić information content (AvgIpc) is 2.75. The number of fused-ring (bicyclic) bond motifs is 4. The largest absolute Gasteiger partial charge is 0.353 e. The molecular weight excluding hydrogens is 352 g/mol. The Balaban J connectivity index is 1.55. The van der Waals surface area contributed by atoms with Gasteiger partial charge in [0.15, 0.2) is 11.5 Å². The summed E-state index contributed by atoms with van der Waals surface area (Å²) in [6.45, 7) is 2.19. The Hall–Kier alpha value is -3.53. The summed E-state index contributed by atoms with van der Waals surface area (Å²) >= 11 is 0. The number of hydrogen-bond acceptors (Lipinski definition) is 6. The van der Waals surface area contributed by atoms with Gasteiger partial charge in [-0.2, -0.15) is 5.26 Å². The number of pyridine rings is 2. The molecule has 0 aromatic carbocycles. The molecule has 138 valence electrons. The first kappa shape index (κ1) is 16.6. The molecule has 7 heteroatoms. The Bertz CT molecular complexity index is 1130. The summed E-state index contributed by atoms with van der Waals surface area (Å²) in [7, 11) is 0. The molecule has 0 saturated carbocycles. The molecule has 0 unspecified atom stereocenters. The Morgan fingerprint density at radius 2 is 1.96 bits per heavy atom. The highest BCUT2D eigenvalue weighted by atomic mass is 16.1. The van der Waals surface area contributed by atoms with E-state index >= 15 is 0 Å². The summed E-state index contributed by atoms with van der Waals surface area (Å²) in [5.41, 5.74) is 3.28. The predicted octanol–water partition coefficient (Wildman–Crippen LogP) is 2.20. The second kappa shape index (κ2) is 6.57. The van der Waals surface area contributed by atoms with Crippen LogP contribution in [0.4, 0.5) is 5.82 Å². The highest BCUT2D eigenvalue weighted by Gasteiger charge is 2.36. The first-order valence-electron chi connectivity index (χ1n) is 9.34. The summed E-state index contributed by atoms with van der Waals surface area (Å²) < 4.78 is 1.91. The zero-order valence-electron chi connectivity index (χ0n) is 15.2. The van der Waals surface area contributed by atoms with E-state index < -0.39 is 0 Å². The molecular formula is C21H18N6O. The first-order chi connectivity index (χ1) is 13.7. The lowest BCUT2D eigenvalue weighted by atomic mass is 9.82. The number of piperidine rings is 1. The minimum absolute atomic E-state index is 0.0386. The fraction of sp³-hybridized carbons (Fsp3) is 0.286. The summed E-state index contributed by atoms with van der Waals surface area (Å²) in [5.74, 6) is 1.20. The molecule has 28 heavy (non-hydrogen) atoms. The summed E-state index contributed by atoms with van der Waals surface area (Å²) in [6, 6.07) is 9.81. The van der Waals surface area contributed by atoms with Gasteiger partial charge in [-0.3, -0.25) is 9.78 Å². The Kier molecular flexibility index (Phi) is 3.90. The minimum Gasteiger partial charge on any atom is -0.353 e. The molecule has 7 nitrogen and oxygen atoms in total. The lowest BCUT2D eigenvalue weighted by Crippen LogP contribution is -2.47. The second-order valence-corrected chi connectivity index (χ2v) is 7.40. The molecule has 5 heterocycles. The van der Waals surface area contributed by atoms with Gasteiger partial charge in [0.25, 0.3) is 5.56 Å². The van der Waals surface area contributed by atoms with Gasteiger partial charge in [0.2, 0.25) is 0 Å². The number of rotatable bonds is 2. The fourth-order valence-electron chi connectivity index (χ4n) is 4.47. The molecule has 1 saturated heterocycles. The van der Waals surface area contributed by atoms with Crippen molar-refractivity contribution in [3.8, 4) is 17.2 Å². The van der Waals surface area contributed by atoms with Gasteiger partial charge in [-0.05, 0) is 30.0 Å². The van der Waals surface area contributed by atoms with Gasteiger partial charge in [0, 0.05) is 67.7 Å². The van der Waals surface area contributed by atoms with Crippen LogP contribution in [0.15, 0.2) is 53.8 Å². The van der Waals surface area contributed by atoms with Crippen molar-refractivity contribution in [3.63, 3.8) is 0 Å². The van der Waals surface area contributed by atoms with E-state index in [9.17, 15) is 10.1 Å². The van der Waals surface area contributed by atoms with Crippen LogP contribution in [0.3, 0.4) is 0 Å². The summed E-state index contributed by atoms with van der Waals surface area (Å²) in [5, 5.41) is 9.38. The summed E-state index contributed by atoms with van der Waals surface area (Å²) in [4.78, 5) is 27.7. The van der Waals surface area contributed by atoms with Crippen molar-refractivity contribution >= 4 is 5.82 Å². The molecule has 3 aromatic heterocycles. The van der Waals surface area contributed by atoms with Crippen molar-refractivity contribution in [1.82, 2.24) is 19.5 Å². The number of nitriles is 1. The van der Waals surface area contributed by atoms with E-state index in [1.807, 2.05) is 16.7 Å². The van der Waals surface area contributed by atoms with E-state index in [0.29, 0.717) is 24.0 Å². The van der Waals surface area contributed by atoms with Crippen molar-refractivity contribution in [2.75, 3.05) is 18.0 Å². The van der Waals surface area contributed by atoms with Crippen molar-refractivity contribution in [1.29, 1.82) is 5.26 Å². The molecule has 0 amide bonds. The smallest absolute Gasteiger partial charge is 0.251 e. The number of anilines is 1. The molecule has 2 aliphatic rings. The van der Waals surface area contributed by atoms with Crippen molar-refractivity contribution in [2.45, 2.75) is 18.9 Å². The maximum atomic E-state index is 12.8. The molecule has 2 atom stereocenters. The van der Waals surface area contributed by atoms with Crippen molar-refractivity contribution < 1.29 is 0 Å². The third-order valence-corrected chi connectivity index (χ3v) is 5.64. The zero-order valence-corrected chi connectivity index (χ0v) is 15.2. The number of aromatic nitrogens is 4. The molecule has 0 spiro atoms. The molecule has 1 fully saturated rings. The van der Waals surface area contributed by atoms with Crippen LogP contribution < -0.4 is 10.5 Å². The van der Waals surface area contributed by atoms with E-state index in [1.165, 1.54) is 0 Å². The lowest BCUT2D eigenvalue weighted by Gasteiger charge is -2.43. The van der Waals surface area contributed by atoms with Crippen LogP contribution in [0.25, 0.3) is 11.1 Å². The Morgan fingerprint density at radius 1 is 1.07 bits per heavy atom. The number of hydrogen-bond donors (Lipinski definition) is 0. The lowest BCUT2D eigenvalue weighted by molar-refractivity contribution is 0.280. The van der Waals surface area contributed by atoms with E-state index in [1.54, 1.807) is 30.9 Å². The van der Waals surface area contributed by atoms with Gasteiger partial charge in [0.1, 0.15) is 6.07 Å². The SMILES string of the molecule is N#Cc1nccnc1N1C[C@@H]2C[C@H](C1)c1cc(-c3cccnc3)cc(=O)n1C2. The van der Waals surface area contributed by atoms with Crippen LogP contribution in [-0.2, 0) is 6.54 Å². The quantitative estimate of drug-likeness (QED) is 0.687. The fourth-order valence-corrected chi connectivity index (χ4v) is 4.47. The monoisotopic (exact) mass is 370 g/mol. The van der Waals surface area contributed by atoms with E-state index in [0.717, 1.165) is 36.3 Å². The molecule has 2 bridgehead atoms. The molecule has 0 N–H and O–H groups in total. The maximum Gasteiger partial charge on any atom is 0.251 e. The Morgan fingerprint density at radius 3 is 2.79 bits per heavy atom. The Labute approximate surface area is 161 Å². The molecule has 5 rings (SSSR count). The van der Waals surface area contributed by atoms with Gasteiger partial charge < -0.3 is 9.47 Å². The van der Waals surface area contributed by atoms with Crippen LogP contribution >= 0.6 is 0 Å². The van der Waals surface area contributed by atoms with E-state index in [-0.39, 0.29) is 11.5 Å². The van der Waals surface area contributed by atoms with Gasteiger partial charge in [-0.1, -0.05) is 6.07 Å². The molecule has 3 aromatic rings. The molecule has 0 radical (unpaired) electrons. The van der Waals surface area contributed by atoms with Gasteiger partial charge >= 0.3 is 0 Å². The van der Waals surface area contributed by atoms with Crippen LogP contribution in [0, 0.1) is 17.2 Å². The van der Waals surface area contributed by atoms with Crippen LogP contribution in [0.2, 0.25) is 0 Å². The standard InChI is InChI=1S/C21H18N6O/c22-9-18-21(25-5-4-24-18)26-11-14-6-17(13-26)19-7-16(8-20(28)27(19)12-14)15-2-1-3-23-10-15/h1-5,7-8,10,14,17H,6,11-13H2/t14-,17+/m0/s1. The topological polar surface area (TPSA) is 87.7 Å². The minimum atomic E-state index is 0.0386. The average molecular weight is 370 g/mol.